The highest BCUT2D eigenvalue weighted by molar-refractivity contribution is 5.95. The van der Waals surface area contributed by atoms with Gasteiger partial charge in [-0.15, -0.1) is 0 Å². The lowest BCUT2D eigenvalue weighted by atomic mass is 9.92. The summed E-state index contributed by atoms with van der Waals surface area (Å²) in [6.45, 7) is 3.79. The van der Waals surface area contributed by atoms with Crippen molar-refractivity contribution in [3.63, 3.8) is 0 Å². The molecule has 0 unspecified atom stereocenters. The van der Waals surface area contributed by atoms with Gasteiger partial charge in [-0.2, -0.15) is 8.78 Å². The van der Waals surface area contributed by atoms with Gasteiger partial charge < -0.3 is 20.1 Å². The number of rotatable bonds is 5. The number of hydrogen-bond donors (Lipinski definition) is 2. The first-order valence-electron chi connectivity index (χ1n) is 7.76. The fourth-order valence-electron chi connectivity index (χ4n) is 2.85. The summed E-state index contributed by atoms with van der Waals surface area (Å²) in [6.07, 6.45) is 0. The largest absolute Gasteiger partial charge is 0.463 e. The predicted molar refractivity (Wildman–Crippen MR) is 86.3 cm³/mol. The maximum absolute atomic E-state index is 12.5. The molecule has 0 saturated heterocycles. The number of hydrogen-bond acceptors (Lipinski definition) is 4. The number of halogens is 2. The molecule has 1 aliphatic rings. The van der Waals surface area contributed by atoms with E-state index in [1.807, 2.05) is 0 Å². The molecule has 0 fully saturated rings. The van der Waals surface area contributed by atoms with Crippen LogP contribution in [0.1, 0.15) is 36.6 Å². The molecule has 0 aromatic heterocycles. The zero-order valence-corrected chi connectivity index (χ0v) is 14.4. The monoisotopic (exact) mass is 354 g/mol. The van der Waals surface area contributed by atoms with E-state index >= 15 is 0 Å². The summed E-state index contributed by atoms with van der Waals surface area (Å²) in [5.74, 6) is -0.474. The minimum Gasteiger partial charge on any atom is -0.463 e. The number of urea groups is 1. The maximum Gasteiger partial charge on any atom is 0.387 e. The molecule has 25 heavy (non-hydrogen) atoms. The van der Waals surface area contributed by atoms with E-state index in [1.54, 1.807) is 39.8 Å². The Morgan fingerprint density at radius 2 is 1.84 bits per heavy atom. The van der Waals surface area contributed by atoms with Crippen LogP contribution in [0.4, 0.5) is 13.6 Å². The number of carbonyl (C=O) groups is 2. The second-order valence-corrected chi connectivity index (χ2v) is 5.65. The zero-order chi connectivity index (χ0) is 18.7. The third-order valence-corrected chi connectivity index (χ3v) is 3.79. The second-order valence-electron chi connectivity index (χ2n) is 5.65. The summed E-state index contributed by atoms with van der Waals surface area (Å²) in [5, 5.41) is 5.21. The molecule has 8 heteroatoms. The molecular weight excluding hydrogens is 334 g/mol. The fourth-order valence-corrected chi connectivity index (χ4v) is 2.85. The minimum absolute atomic E-state index is 0.0809. The van der Waals surface area contributed by atoms with Gasteiger partial charge in [-0.05, 0) is 56.5 Å². The molecule has 2 N–H and O–H groups in total. The van der Waals surface area contributed by atoms with Crippen molar-refractivity contribution >= 4 is 12.0 Å². The van der Waals surface area contributed by atoms with Crippen molar-refractivity contribution in [3.05, 3.63) is 40.1 Å². The number of carbonyl (C=O) groups excluding carboxylic acids is 2. The van der Waals surface area contributed by atoms with Gasteiger partial charge in [0.2, 0.25) is 0 Å². The molecule has 0 radical (unpaired) electrons. The molecule has 1 atom stereocenters. The lowest BCUT2D eigenvalue weighted by molar-refractivity contribution is -0.139. The van der Waals surface area contributed by atoms with E-state index in [9.17, 15) is 18.4 Å². The first-order valence-corrected chi connectivity index (χ1v) is 7.76. The third kappa shape index (κ3) is 4.07. The quantitative estimate of drug-likeness (QED) is 0.797. The summed E-state index contributed by atoms with van der Waals surface area (Å²) < 4.78 is 34.7. The van der Waals surface area contributed by atoms with Crippen LogP contribution in [-0.4, -0.2) is 25.2 Å². The first-order chi connectivity index (χ1) is 11.7. The average molecular weight is 354 g/mol. The zero-order valence-electron chi connectivity index (χ0n) is 14.4. The molecule has 6 nitrogen and oxygen atoms in total. The Hall–Kier alpha value is -2.64. The first kappa shape index (κ1) is 18.7. The van der Waals surface area contributed by atoms with E-state index < -0.39 is 24.7 Å². The van der Waals surface area contributed by atoms with Gasteiger partial charge in [-0.25, -0.2) is 9.59 Å². The van der Waals surface area contributed by atoms with Crippen molar-refractivity contribution < 1.29 is 27.8 Å². The van der Waals surface area contributed by atoms with Gasteiger partial charge in [0.15, 0.2) is 0 Å². The Morgan fingerprint density at radius 1 is 1.24 bits per heavy atom. The Labute approximate surface area is 144 Å². The standard InChI is InChI=1S/C17H20F2N2O4/c1-5-24-15(22)12-10(4)20-17(23)21-13(12)11-6-8(2)14(9(3)7-11)25-16(18)19/h6-7,13,16H,5H2,1-4H3,(H2,20,21,23)/t13-/m0/s1. The third-order valence-electron chi connectivity index (χ3n) is 3.79. The molecule has 0 bridgehead atoms. The summed E-state index contributed by atoms with van der Waals surface area (Å²) >= 11 is 0. The number of esters is 1. The highest BCUT2D eigenvalue weighted by atomic mass is 19.3. The lowest BCUT2D eigenvalue weighted by Gasteiger charge is -2.29. The van der Waals surface area contributed by atoms with Crippen LogP contribution >= 0.6 is 0 Å². The molecule has 0 aliphatic carbocycles. The van der Waals surface area contributed by atoms with E-state index in [1.165, 1.54) is 0 Å². The van der Waals surface area contributed by atoms with Crippen molar-refractivity contribution in [2.24, 2.45) is 0 Å². The van der Waals surface area contributed by atoms with Crippen LogP contribution in [0.5, 0.6) is 5.75 Å². The van der Waals surface area contributed by atoms with Gasteiger partial charge in [0.1, 0.15) is 5.75 Å². The van der Waals surface area contributed by atoms with Gasteiger partial charge in [0.05, 0.1) is 18.2 Å². The van der Waals surface area contributed by atoms with Crippen LogP contribution in [0.15, 0.2) is 23.4 Å². The van der Waals surface area contributed by atoms with Crippen molar-refractivity contribution in [2.75, 3.05) is 6.61 Å². The minimum atomic E-state index is -2.93. The molecular formula is C17H20F2N2O4. The Bertz CT molecular complexity index is 708. The van der Waals surface area contributed by atoms with Gasteiger partial charge >= 0.3 is 18.6 Å². The molecule has 1 aromatic rings. The number of allylic oxidation sites excluding steroid dienone is 1. The molecule has 0 spiro atoms. The normalized spacial score (nSPS) is 17.2. The van der Waals surface area contributed by atoms with Crippen LogP contribution in [-0.2, 0) is 9.53 Å². The number of nitrogens with one attached hydrogen (secondary N) is 2. The second kappa shape index (κ2) is 7.50. The molecule has 136 valence electrons. The van der Waals surface area contributed by atoms with E-state index in [-0.39, 0.29) is 17.9 Å². The van der Waals surface area contributed by atoms with Gasteiger partial charge in [-0.1, -0.05) is 0 Å². The molecule has 1 aromatic carbocycles. The summed E-state index contributed by atoms with van der Waals surface area (Å²) in [7, 11) is 0. The lowest BCUT2D eigenvalue weighted by Crippen LogP contribution is -2.45. The molecule has 1 aliphatic heterocycles. The number of ether oxygens (including phenoxy) is 2. The summed E-state index contributed by atoms with van der Waals surface area (Å²) in [5.41, 5.74) is 2.18. The van der Waals surface area contributed by atoms with Crippen LogP contribution in [0.25, 0.3) is 0 Å². The summed E-state index contributed by atoms with van der Waals surface area (Å²) in [6, 6.07) is 2.01. The Morgan fingerprint density at radius 3 is 2.36 bits per heavy atom. The highest BCUT2D eigenvalue weighted by Crippen LogP contribution is 2.33. The number of alkyl halides is 2. The number of amides is 2. The van der Waals surface area contributed by atoms with E-state index in [0.29, 0.717) is 22.4 Å². The topological polar surface area (TPSA) is 76.7 Å². The van der Waals surface area contributed by atoms with Gasteiger partial charge in [0.25, 0.3) is 0 Å². The Balaban J connectivity index is 2.49. The smallest absolute Gasteiger partial charge is 0.387 e. The van der Waals surface area contributed by atoms with Crippen molar-refractivity contribution in [1.82, 2.24) is 10.6 Å². The van der Waals surface area contributed by atoms with Crippen molar-refractivity contribution in [2.45, 2.75) is 40.3 Å². The molecule has 0 saturated carbocycles. The average Bonchev–Trinajstić information content (AvgIpc) is 2.49. The van der Waals surface area contributed by atoms with Crippen molar-refractivity contribution in [3.8, 4) is 5.75 Å². The van der Waals surface area contributed by atoms with Crippen molar-refractivity contribution in [1.29, 1.82) is 0 Å². The van der Waals surface area contributed by atoms with Crippen LogP contribution < -0.4 is 15.4 Å². The number of aryl methyl sites for hydroxylation is 2. The van der Waals surface area contributed by atoms with Crippen LogP contribution in [0.3, 0.4) is 0 Å². The predicted octanol–water partition coefficient (Wildman–Crippen LogP) is 3.10. The van der Waals surface area contributed by atoms with Crippen LogP contribution in [0, 0.1) is 13.8 Å². The fraction of sp³-hybridized carbons (Fsp3) is 0.412. The Kier molecular flexibility index (Phi) is 5.61. The number of benzene rings is 1. The molecule has 2 rings (SSSR count). The van der Waals surface area contributed by atoms with E-state index in [0.717, 1.165) is 0 Å². The van der Waals surface area contributed by atoms with Gasteiger partial charge in [0, 0.05) is 5.70 Å². The van der Waals surface area contributed by atoms with E-state index in [4.69, 9.17) is 4.74 Å². The van der Waals surface area contributed by atoms with E-state index in [2.05, 4.69) is 15.4 Å². The van der Waals surface area contributed by atoms with Crippen LogP contribution in [0.2, 0.25) is 0 Å². The van der Waals surface area contributed by atoms with Gasteiger partial charge in [-0.3, -0.25) is 0 Å². The molecule has 2 amide bonds. The summed E-state index contributed by atoms with van der Waals surface area (Å²) in [4.78, 5) is 24.1. The molecule has 1 heterocycles. The SMILES string of the molecule is CCOC(=O)C1=C(C)NC(=O)N[C@H]1c1cc(C)c(OC(F)F)c(C)c1. The maximum atomic E-state index is 12.5. The highest BCUT2D eigenvalue weighted by Gasteiger charge is 2.32.